The molecule has 8 heteroatoms. The summed E-state index contributed by atoms with van der Waals surface area (Å²) in [4.78, 5) is 0. The predicted molar refractivity (Wildman–Crippen MR) is 594 cm³/mol. The van der Waals surface area contributed by atoms with Crippen molar-refractivity contribution in [3.05, 3.63) is 354 Å². The first-order valence-electron chi connectivity index (χ1n) is 54.0. The Balaban J connectivity index is 0.000000101. The normalized spacial score (nSPS) is 15.9. The maximum absolute atomic E-state index is 7.04. The molecule has 0 saturated heterocycles. The zero-order valence-electron chi connectivity index (χ0n) is 88.1. The molecule has 0 unspecified atom stereocenters. The number of nitrogens with zero attached hydrogens (tertiary/aromatic N) is 4. The summed E-state index contributed by atoms with van der Waals surface area (Å²) in [5, 5.41) is 9.99. The van der Waals surface area contributed by atoms with Crippen molar-refractivity contribution in [2.24, 2.45) is 28.2 Å². The number of rotatable bonds is 8. The first kappa shape index (κ1) is 91.6. The largest absolute Gasteiger partial charge is 0.455 e. The van der Waals surface area contributed by atoms with Crippen LogP contribution in [0.2, 0.25) is 0 Å². The highest BCUT2D eigenvalue weighted by molar-refractivity contribution is 6.17. The molecule has 8 heterocycles. The summed E-state index contributed by atoms with van der Waals surface area (Å²) in [6.07, 6.45) is 29.4. The second-order valence-electron chi connectivity index (χ2n) is 46.0. The standard InChI is InChI=1S/4C34H34NO/c1-20(2)26-19-35(5)28(18-22(26)4)30-21(3)12-13-25-31-29(36-33(25)30)15-14-24-23-10-6-7-11-27(23)34(32(24)31)16-8-9-17-34;1-20(2)27-19-35(5)29(18-22(27)4)30-21(3)12-13-25-26-15-14-24-23-10-6-7-11-28(23)34(16-8-9-17-34)31(24)33(26)36-32(25)30;1-20(2)27-19-35(5)30(16-22(27)4)32-21(3)12-13-24-26-17-29-25(18-31(26)36-33(24)32)23-10-6-7-11-28(23)34(29)14-8-9-15-34;1-20(2)27-19-35(5)30(16-22(27)4)32-21(3)12-13-24-26-17-25-23-10-6-7-11-28(23)34(14-8-9-15-34)29(25)18-31(26)36-33(24)32/h2*6-7,10-15,18-20H,8-9,16-17H2,1-5H3;2*6-7,10-13,16-20H,8-9,14-15H2,1-5H3/q4*+1. The molecule has 4 spiro atoms. The van der Waals surface area contributed by atoms with Crippen LogP contribution in [0.1, 0.15) is 293 Å². The maximum Gasteiger partial charge on any atom is 0.216 e. The van der Waals surface area contributed by atoms with E-state index in [1.54, 1.807) is 0 Å². The van der Waals surface area contributed by atoms with Crippen LogP contribution in [0.25, 0.3) is 177 Å². The van der Waals surface area contributed by atoms with Gasteiger partial charge in [-0.2, -0.15) is 0 Å². The summed E-state index contributed by atoms with van der Waals surface area (Å²) in [6, 6.07) is 82.8. The molecule has 28 rings (SSSR count). The molecule has 8 aliphatic carbocycles. The lowest BCUT2D eigenvalue weighted by molar-refractivity contribution is -0.661. The fraction of sp³-hybridized carbons (Fsp3) is 0.324. The number of aryl methyl sites for hydroxylation is 12. The minimum Gasteiger partial charge on any atom is -0.455 e. The highest BCUT2D eigenvalue weighted by Crippen LogP contribution is 2.65. The lowest BCUT2D eigenvalue weighted by Gasteiger charge is -2.27. The van der Waals surface area contributed by atoms with Crippen LogP contribution < -0.4 is 18.3 Å². The molecular formula is C136H136N4O4+4. The van der Waals surface area contributed by atoms with Crippen LogP contribution in [0.4, 0.5) is 0 Å². The highest BCUT2D eigenvalue weighted by atomic mass is 16.3. The van der Waals surface area contributed by atoms with Crippen molar-refractivity contribution in [1.82, 2.24) is 0 Å². The van der Waals surface area contributed by atoms with Crippen LogP contribution >= 0.6 is 0 Å². The number of benzene rings is 12. The molecule has 144 heavy (non-hydrogen) atoms. The zero-order chi connectivity index (χ0) is 99.1. The molecule has 720 valence electrons. The first-order chi connectivity index (χ1) is 69.6. The van der Waals surface area contributed by atoms with E-state index in [2.05, 4.69) is 400 Å². The molecule has 0 N–H and O–H groups in total. The van der Waals surface area contributed by atoms with Crippen molar-refractivity contribution in [2.75, 3.05) is 0 Å². The summed E-state index contributed by atoms with van der Waals surface area (Å²) < 4.78 is 36.6. The second-order valence-corrected chi connectivity index (χ2v) is 46.0. The van der Waals surface area contributed by atoms with Gasteiger partial charge >= 0.3 is 0 Å². The molecular weight excluding hydrogens is 1750 g/mol. The molecule has 8 aromatic heterocycles. The number of pyridine rings is 4. The molecule has 4 fully saturated rings. The molecule has 12 aromatic carbocycles. The van der Waals surface area contributed by atoms with E-state index in [0.717, 1.165) is 44.7 Å². The molecule has 0 radical (unpaired) electrons. The van der Waals surface area contributed by atoms with E-state index in [1.165, 1.54) is 347 Å². The van der Waals surface area contributed by atoms with Gasteiger partial charge in [0.1, 0.15) is 72.9 Å². The quantitative estimate of drug-likeness (QED) is 0.142. The summed E-state index contributed by atoms with van der Waals surface area (Å²) in [7, 11) is 8.67. The number of fused-ring (bicyclic) bond motifs is 34. The van der Waals surface area contributed by atoms with Crippen molar-refractivity contribution in [3.8, 4) is 89.5 Å². The van der Waals surface area contributed by atoms with E-state index in [-0.39, 0.29) is 21.7 Å². The summed E-state index contributed by atoms with van der Waals surface area (Å²) >= 11 is 0. The third-order valence-corrected chi connectivity index (χ3v) is 36.4. The Kier molecular flexibility index (Phi) is 21.7. The van der Waals surface area contributed by atoms with E-state index in [9.17, 15) is 0 Å². The van der Waals surface area contributed by atoms with Crippen molar-refractivity contribution in [3.63, 3.8) is 0 Å². The van der Waals surface area contributed by atoms with Gasteiger partial charge in [-0.15, -0.1) is 0 Å². The number of furan rings is 4. The highest BCUT2D eigenvalue weighted by Gasteiger charge is 2.52. The fourth-order valence-corrected chi connectivity index (χ4v) is 29.6. The van der Waals surface area contributed by atoms with Gasteiger partial charge in [0.25, 0.3) is 0 Å². The Labute approximate surface area is 848 Å². The van der Waals surface area contributed by atoms with Gasteiger partial charge in [0.05, 0.1) is 22.3 Å². The van der Waals surface area contributed by atoms with E-state index in [0.29, 0.717) is 23.7 Å². The molecule has 0 bridgehead atoms. The van der Waals surface area contributed by atoms with E-state index >= 15 is 0 Å². The zero-order valence-corrected chi connectivity index (χ0v) is 88.1. The Morgan fingerprint density at radius 1 is 0.222 bits per heavy atom. The van der Waals surface area contributed by atoms with Gasteiger partial charge in [-0.25, -0.2) is 18.3 Å². The Bertz CT molecular complexity index is 8630. The average molecular weight is 1890 g/mol. The van der Waals surface area contributed by atoms with E-state index in [1.807, 2.05) is 0 Å². The van der Waals surface area contributed by atoms with Crippen molar-refractivity contribution in [1.29, 1.82) is 0 Å². The van der Waals surface area contributed by atoms with Gasteiger partial charge < -0.3 is 17.7 Å². The van der Waals surface area contributed by atoms with Crippen molar-refractivity contribution in [2.45, 2.75) is 259 Å². The lowest BCUT2D eigenvalue weighted by Crippen LogP contribution is -2.32. The third-order valence-electron chi connectivity index (χ3n) is 36.4. The Hall–Kier alpha value is -13.6. The summed E-state index contributed by atoms with van der Waals surface area (Å²) in [5.74, 6) is 2.00. The summed E-state index contributed by atoms with van der Waals surface area (Å²) in [5.41, 5.74) is 57.7. The van der Waals surface area contributed by atoms with Crippen LogP contribution in [-0.2, 0) is 49.9 Å². The molecule has 0 aliphatic heterocycles. The maximum atomic E-state index is 7.04. The lowest BCUT2D eigenvalue weighted by atomic mass is 9.75. The third kappa shape index (κ3) is 13.5. The predicted octanol–water partition coefficient (Wildman–Crippen LogP) is 34.6. The first-order valence-corrected chi connectivity index (χ1v) is 54.0. The Morgan fingerprint density at radius 2 is 0.507 bits per heavy atom. The van der Waals surface area contributed by atoms with Gasteiger partial charge in [-0.3, -0.25) is 0 Å². The van der Waals surface area contributed by atoms with Crippen molar-refractivity contribution < 1.29 is 35.9 Å². The van der Waals surface area contributed by atoms with E-state index < -0.39 is 0 Å². The van der Waals surface area contributed by atoms with Crippen LogP contribution in [0.5, 0.6) is 0 Å². The topological polar surface area (TPSA) is 68.1 Å². The fourth-order valence-electron chi connectivity index (χ4n) is 29.6. The van der Waals surface area contributed by atoms with Gasteiger partial charge in [0, 0.05) is 117 Å². The minimum atomic E-state index is 0.0920. The number of hydrogen-bond donors (Lipinski definition) is 0. The molecule has 4 saturated carbocycles. The smallest absolute Gasteiger partial charge is 0.216 e. The van der Waals surface area contributed by atoms with Gasteiger partial charge in [-0.05, 0) is 295 Å². The SMILES string of the molecule is Cc1cc(-c2c(C)ccc3c2oc2c4c(ccc23)-c2ccccc2C42CCCC2)[n+](C)cc1C(C)C.Cc1cc(-c2c(C)ccc3c2oc2cc4c(cc23)-c2ccccc2C42CCCC2)[n+](C)cc1C(C)C.Cc1cc(-c2c(C)ccc3c2oc2cc4c(cc23)C2(CCCC2)c2ccccc2-4)[n+](C)cc1C(C)C.Cc1cc(-c2c(C)ccc3c2oc2ccc4c(c23)C2(CCCC2)c2ccccc2-4)[n+](C)cc1C(C)C. The van der Waals surface area contributed by atoms with Gasteiger partial charge in [0.15, 0.2) is 24.8 Å². The molecule has 0 atom stereocenters. The van der Waals surface area contributed by atoms with Crippen LogP contribution in [-0.4, -0.2) is 0 Å². The molecule has 0 amide bonds. The molecule has 8 aliphatic rings. The average Bonchev–Trinajstić information content (AvgIpc) is 1.54. The van der Waals surface area contributed by atoms with Crippen molar-refractivity contribution >= 4 is 87.8 Å². The second kappa shape index (κ2) is 34.0. The van der Waals surface area contributed by atoms with Gasteiger partial charge in [0.2, 0.25) is 22.8 Å². The number of hydrogen-bond acceptors (Lipinski definition) is 4. The number of aromatic nitrogens is 4. The van der Waals surface area contributed by atoms with Crippen LogP contribution in [0.15, 0.2) is 261 Å². The minimum absolute atomic E-state index is 0.0920. The van der Waals surface area contributed by atoms with Gasteiger partial charge in [-0.1, -0.05) is 264 Å². The summed E-state index contributed by atoms with van der Waals surface area (Å²) in [6.45, 7) is 35.9. The monoisotopic (exact) mass is 1890 g/mol. The Morgan fingerprint density at radius 3 is 0.910 bits per heavy atom. The van der Waals surface area contributed by atoms with E-state index in [4.69, 9.17) is 17.7 Å². The van der Waals surface area contributed by atoms with Crippen LogP contribution in [0.3, 0.4) is 0 Å². The molecule has 8 nitrogen and oxygen atoms in total. The van der Waals surface area contributed by atoms with Crippen LogP contribution in [0, 0.1) is 55.4 Å². The molecule has 20 aromatic rings.